The Bertz CT molecular complexity index is 993. The Morgan fingerprint density at radius 2 is 1.29 bits per heavy atom. The molecule has 0 aliphatic heterocycles. The Kier molecular flexibility index (Phi) is 5.75. The van der Waals surface area contributed by atoms with Crippen LogP contribution in [0.25, 0.3) is 22.5 Å². The summed E-state index contributed by atoms with van der Waals surface area (Å²) in [5.74, 6) is 0. The second-order valence-corrected chi connectivity index (χ2v) is 6.92. The van der Waals surface area contributed by atoms with Gasteiger partial charge < -0.3 is 14.9 Å². The normalized spacial score (nSPS) is 10.8. The van der Waals surface area contributed by atoms with Crippen molar-refractivity contribution in [3.05, 3.63) is 59.0 Å². The van der Waals surface area contributed by atoms with Gasteiger partial charge in [-0.25, -0.2) is 9.48 Å². The standard InChI is InChI=1S/C21H25N5O2/c1-24(2)17-9-5-15(6-10-17)19-20(23-26(13-14-27)21(28)22-19)16-7-11-18(12-8-16)25(3)4/h5-12,27H,13-14H2,1-4H3. The van der Waals surface area contributed by atoms with Gasteiger partial charge in [0.2, 0.25) is 0 Å². The van der Waals surface area contributed by atoms with Gasteiger partial charge in [0.05, 0.1) is 13.2 Å². The molecule has 0 aliphatic rings. The van der Waals surface area contributed by atoms with E-state index in [1.165, 1.54) is 4.68 Å². The second kappa shape index (κ2) is 8.22. The average molecular weight is 379 g/mol. The molecule has 0 unspecified atom stereocenters. The number of hydrogen-bond donors (Lipinski definition) is 1. The van der Waals surface area contributed by atoms with E-state index in [1.807, 2.05) is 86.5 Å². The van der Waals surface area contributed by atoms with Crippen molar-refractivity contribution in [3.8, 4) is 22.5 Å². The Hall–Kier alpha value is -3.19. The first-order valence-corrected chi connectivity index (χ1v) is 9.06. The predicted octanol–water partition coefficient (Wildman–Crippen LogP) is 2.10. The van der Waals surface area contributed by atoms with Crippen LogP contribution in [0.2, 0.25) is 0 Å². The Morgan fingerprint density at radius 1 is 0.821 bits per heavy atom. The fourth-order valence-electron chi connectivity index (χ4n) is 2.89. The van der Waals surface area contributed by atoms with Gasteiger partial charge in [0.1, 0.15) is 11.4 Å². The van der Waals surface area contributed by atoms with Crippen molar-refractivity contribution in [2.75, 3.05) is 44.6 Å². The molecular formula is C21H25N5O2. The van der Waals surface area contributed by atoms with Crippen molar-refractivity contribution in [1.82, 2.24) is 14.8 Å². The van der Waals surface area contributed by atoms with Crippen LogP contribution in [0.1, 0.15) is 0 Å². The Labute approximate surface area is 164 Å². The zero-order valence-electron chi connectivity index (χ0n) is 16.6. The summed E-state index contributed by atoms with van der Waals surface area (Å²) in [6, 6.07) is 15.8. The fourth-order valence-corrected chi connectivity index (χ4v) is 2.89. The monoisotopic (exact) mass is 379 g/mol. The number of aliphatic hydroxyl groups is 1. The summed E-state index contributed by atoms with van der Waals surface area (Å²) in [6.45, 7) is -0.0705. The lowest BCUT2D eigenvalue weighted by molar-refractivity contribution is 0.265. The molecule has 0 bridgehead atoms. The maximum atomic E-state index is 12.4. The molecule has 146 valence electrons. The molecule has 0 aliphatic carbocycles. The maximum absolute atomic E-state index is 12.4. The number of aliphatic hydroxyl groups excluding tert-OH is 1. The van der Waals surface area contributed by atoms with Crippen molar-refractivity contribution < 1.29 is 5.11 Å². The van der Waals surface area contributed by atoms with Gasteiger partial charge in [-0.05, 0) is 24.3 Å². The molecule has 7 heteroatoms. The molecule has 0 saturated heterocycles. The molecule has 0 atom stereocenters. The molecule has 28 heavy (non-hydrogen) atoms. The maximum Gasteiger partial charge on any atom is 0.364 e. The smallest absolute Gasteiger partial charge is 0.364 e. The van der Waals surface area contributed by atoms with Gasteiger partial charge in [-0.2, -0.15) is 10.1 Å². The van der Waals surface area contributed by atoms with Gasteiger partial charge in [-0.1, -0.05) is 24.3 Å². The molecule has 1 N–H and O–H groups in total. The summed E-state index contributed by atoms with van der Waals surface area (Å²) in [4.78, 5) is 20.7. The highest BCUT2D eigenvalue weighted by molar-refractivity contribution is 5.78. The zero-order valence-corrected chi connectivity index (χ0v) is 16.6. The first-order chi connectivity index (χ1) is 13.4. The number of rotatable bonds is 6. The van der Waals surface area contributed by atoms with Crippen LogP contribution in [0.15, 0.2) is 53.3 Å². The highest BCUT2D eigenvalue weighted by atomic mass is 16.3. The van der Waals surface area contributed by atoms with Crippen molar-refractivity contribution >= 4 is 11.4 Å². The molecule has 0 amide bonds. The number of benzene rings is 2. The van der Waals surface area contributed by atoms with Crippen molar-refractivity contribution in [3.63, 3.8) is 0 Å². The molecule has 0 fully saturated rings. The van der Waals surface area contributed by atoms with Gasteiger partial charge in [-0.3, -0.25) is 0 Å². The lowest BCUT2D eigenvalue weighted by Crippen LogP contribution is -2.28. The summed E-state index contributed by atoms with van der Waals surface area (Å²) in [5.41, 5.74) is 4.46. The third-order valence-corrected chi connectivity index (χ3v) is 4.50. The van der Waals surface area contributed by atoms with Gasteiger partial charge >= 0.3 is 5.69 Å². The minimum absolute atomic E-state index is 0.106. The largest absolute Gasteiger partial charge is 0.394 e. The summed E-state index contributed by atoms with van der Waals surface area (Å²) in [6.07, 6.45) is 0. The third-order valence-electron chi connectivity index (χ3n) is 4.50. The van der Waals surface area contributed by atoms with Crippen LogP contribution >= 0.6 is 0 Å². The SMILES string of the molecule is CN(C)c1ccc(-c2nc(=O)n(CCO)nc2-c2ccc(N(C)C)cc2)cc1. The molecule has 1 heterocycles. The first-order valence-electron chi connectivity index (χ1n) is 9.06. The van der Waals surface area contributed by atoms with Crippen LogP contribution in [0.5, 0.6) is 0 Å². The number of hydrogen-bond acceptors (Lipinski definition) is 6. The number of anilines is 2. The zero-order chi connectivity index (χ0) is 20.3. The summed E-state index contributed by atoms with van der Waals surface area (Å²) >= 11 is 0. The van der Waals surface area contributed by atoms with E-state index < -0.39 is 5.69 Å². The van der Waals surface area contributed by atoms with Crippen LogP contribution in [-0.4, -0.2) is 54.7 Å². The third kappa shape index (κ3) is 4.04. The van der Waals surface area contributed by atoms with E-state index >= 15 is 0 Å². The summed E-state index contributed by atoms with van der Waals surface area (Å²) in [5, 5.41) is 13.7. The highest BCUT2D eigenvalue weighted by Gasteiger charge is 2.15. The predicted molar refractivity (Wildman–Crippen MR) is 113 cm³/mol. The fraction of sp³-hybridized carbons (Fsp3) is 0.286. The van der Waals surface area contributed by atoms with Crippen LogP contribution in [0.3, 0.4) is 0 Å². The van der Waals surface area contributed by atoms with Crippen LogP contribution < -0.4 is 15.5 Å². The molecular weight excluding hydrogens is 354 g/mol. The van der Waals surface area contributed by atoms with Gasteiger partial charge in [0, 0.05) is 50.7 Å². The molecule has 7 nitrogen and oxygen atoms in total. The minimum Gasteiger partial charge on any atom is -0.394 e. The Morgan fingerprint density at radius 3 is 1.71 bits per heavy atom. The van der Waals surface area contributed by atoms with Gasteiger partial charge in [0.15, 0.2) is 0 Å². The van der Waals surface area contributed by atoms with Crippen molar-refractivity contribution in [2.24, 2.45) is 0 Å². The van der Waals surface area contributed by atoms with E-state index in [9.17, 15) is 9.90 Å². The molecule has 0 spiro atoms. The van der Waals surface area contributed by atoms with Crippen molar-refractivity contribution in [2.45, 2.75) is 6.54 Å². The van der Waals surface area contributed by atoms with E-state index in [2.05, 4.69) is 10.1 Å². The quantitative estimate of drug-likeness (QED) is 0.707. The molecule has 2 aromatic carbocycles. The lowest BCUT2D eigenvalue weighted by atomic mass is 10.0. The van der Waals surface area contributed by atoms with E-state index in [0.29, 0.717) is 11.4 Å². The van der Waals surface area contributed by atoms with Gasteiger partial charge in [0.25, 0.3) is 0 Å². The second-order valence-electron chi connectivity index (χ2n) is 6.92. The number of nitrogens with zero attached hydrogens (tertiary/aromatic N) is 5. The topological polar surface area (TPSA) is 74.5 Å². The average Bonchev–Trinajstić information content (AvgIpc) is 2.69. The Balaban J connectivity index is 2.15. The molecule has 1 aromatic heterocycles. The van der Waals surface area contributed by atoms with E-state index in [4.69, 9.17) is 0 Å². The van der Waals surface area contributed by atoms with E-state index in [1.54, 1.807) is 0 Å². The highest BCUT2D eigenvalue weighted by Crippen LogP contribution is 2.29. The molecule has 0 saturated carbocycles. The van der Waals surface area contributed by atoms with E-state index in [-0.39, 0.29) is 13.2 Å². The molecule has 3 aromatic rings. The molecule has 3 rings (SSSR count). The number of aromatic nitrogens is 3. The van der Waals surface area contributed by atoms with Crippen LogP contribution in [0, 0.1) is 0 Å². The summed E-state index contributed by atoms with van der Waals surface area (Å²) in [7, 11) is 7.91. The lowest BCUT2D eigenvalue weighted by Gasteiger charge is -2.15. The van der Waals surface area contributed by atoms with Crippen LogP contribution in [-0.2, 0) is 6.54 Å². The van der Waals surface area contributed by atoms with Gasteiger partial charge in [-0.15, -0.1) is 0 Å². The van der Waals surface area contributed by atoms with E-state index in [0.717, 1.165) is 22.5 Å². The van der Waals surface area contributed by atoms with Crippen molar-refractivity contribution in [1.29, 1.82) is 0 Å². The van der Waals surface area contributed by atoms with Crippen LogP contribution in [0.4, 0.5) is 11.4 Å². The first kappa shape index (κ1) is 19.6. The summed E-state index contributed by atoms with van der Waals surface area (Å²) < 4.78 is 1.20. The molecule has 0 radical (unpaired) electrons. The minimum atomic E-state index is -0.477.